The first kappa shape index (κ1) is 85.7. The normalized spacial score (nSPS) is 13.7. The van der Waals surface area contributed by atoms with Gasteiger partial charge in [0.2, 0.25) is 0 Å². The van der Waals surface area contributed by atoms with Crippen LogP contribution in [-0.2, 0) is 32.7 Å². The summed E-state index contributed by atoms with van der Waals surface area (Å²) in [5.74, 6) is -0.803. The van der Waals surface area contributed by atoms with Gasteiger partial charge in [-0.25, -0.2) is 4.57 Å². The van der Waals surface area contributed by atoms with Crippen LogP contribution >= 0.6 is 7.82 Å². The van der Waals surface area contributed by atoms with Crippen LogP contribution in [0.15, 0.2) is 109 Å². The van der Waals surface area contributed by atoms with Crippen molar-refractivity contribution >= 4 is 19.8 Å². The molecule has 0 amide bonds. The number of quaternary nitrogens is 1. The van der Waals surface area contributed by atoms with E-state index >= 15 is 0 Å². The van der Waals surface area contributed by atoms with Gasteiger partial charge in [0.05, 0.1) is 27.7 Å². The van der Waals surface area contributed by atoms with E-state index in [9.17, 15) is 19.0 Å². The van der Waals surface area contributed by atoms with E-state index in [2.05, 4.69) is 123 Å². The van der Waals surface area contributed by atoms with E-state index in [-0.39, 0.29) is 32.0 Å². The monoisotopic (exact) mass is 1260 g/mol. The smallest absolute Gasteiger partial charge is 0.462 e. The van der Waals surface area contributed by atoms with Crippen LogP contribution in [-0.4, -0.2) is 74.9 Å². The minimum atomic E-state index is -4.40. The predicted molar refractivity (Wildman–Crippen MR) is 385 cm³/mol. The molecule has 2 unspecified atom stereocenters. The molecule has 0 aromatic carbocycles. The number of phosphoric ester groups is 1. The van der Waals surface area contributed by atoms with Gasteiger partial charge >= 0.3 is 19.8 Å². The summed E-state index contributed by atoms with van der Waals surface area (Å²) < 4.78 is 34.8. The number of carbonyl (C=O) groups is 2. The van der Waals surface area contributed by atoms with Gasteiger partial charge in [-0.1, -0.05) is 342 Å². The molecule has 9 nitrogen and oxygen atoms in total. The molecule has 1 N–H and O–H groups in total. The number of esters is 2. The zero-order valence-electron chi connectivity index (χ0n) is 58.6. The largest absolute Gasteiger partial charge is 0.472 e. The fourth-order valence-electron chi connectivity index (χ4n) is 10.4. The first-order valence-electron chi connectivity index (χ1n) is 37.1. The number of phosphoric acid groups is 1. The molecule has 10 heteroatoms. The van der Waals surface area contributed by atoms with Crippen LogP contribution in [0.3, 0.4) is 0 Å². The number of hydrogen-bond donors (Lipinski definition) is 1. The Balaban J connectivity index is 4.07. The number of hydrogen-bond acceptors (Lipinski definition) is 7. The summed E-state index contributed by atoms with van der Waals surface area (Å²) in [6, 6.07) is 0. The Morgan fingerprint density at radius 1 is 0.360 bits per heavy atom. The molecular formula is C79H141NO8P+. The van der Waals surface area contributed by atoms with Crippen molar-refractivity contribution in [1.29, 1.82) is 0 Å². The SMILES string of the molecule is CC/C=C\C/C=C\C/C=C\C/C=C\C/C=C\C/C=C\C/C=C\C/C=C\C/C=C\CCCCCCCCCC(=O)OC(COC(=O)CCCCCCCCCCCCCCCCCCCCCCCCCCCCCCCC)COP(=O)(O)OCC[N+](C)(C)C. The number of likely N-dealkylation sites (N-methyl/N-ethyl adjacent to an activating group) is 1. The highest BCUT2D eigenvalue weighted by molar-refractivity contribution is 7.47. The van der Waals surface area contributed by atoms with E-state index in [1.165, 1.54) is 193 Å². The van der Waals surface area contributed by atoms with Crippen molar-refractivity contribution < 1.29 is 42.1 Å². The topological polar surface area (TPSA) is 108 Å². The number of carbonyl (C=O) groups excluding carboxylic acids is 2. The second kappa shape index (κ2) is 69.0. The maximum atomic E-state index is 12.9. The highest BCUT2D eigenvalue weighted by Crippen LogP contribution is 2.43. The van der Waals surface area contributed by atoms with Crippen molar-refractivity contribution in [3.63, 3.8) is 0 Å². The maximum absolute atomic E-state index is 12.9. The van der Waals surface area contributed by atoms with Gasteiger partial charge in [-0.15, -0.1) is 0 Å². The van der Waals surface area contributed by atoms with Crippen LogP contribution in [0.5, 0.6) is 0 Å². The zero-order valence-corrected chi connectivity index (χ0v) is 59.5. The summed E-state index contributed by atoms with van der Waals surface area (Å²) in [6.07, 6.45) is 97.8. The molecule has 0 heterocycles. The van der Waals surface area contributed by atoms with Crippen LogP contribution < -0.4 is 0 Å². The summed E-state index contributed by atoms with van der Waals surface area (Å²) >= 11 is 0. The number of nitrogens with zero attached hydrogens (tertiary/aromatic N) is 1. The van der Waals surface area contributed by atoms with Crippen LogP contribution in [0, 0.1) is 0 Å². The summed E-state index contributed by atoms with van der Waals surface area (Å²) in [7, 11) is 1.47. The molecule has 0 radical (unpaired) electrons. The van der Waals surface area contributed by atoms with Crippen molar-refractivity contribution in [3.05, 3.63) is 109 Å². The minimum Gasteiger partial charge on any atom is -0.462 e. The quantitative estimate of drug-likeness (QED) is 0.0211. The van der Waals surface area contributed by atoms with Crippen molar-refractivity contribution in [3.8, 4) is 0 Å². The van der Waals surface area contributed by atoms with Crippen LogP contribution in [0.1, 0.15) is 328 Å². The first-order valence-corrected chi connectivity index (χ1v) is 38.6. The second-order valence-electron chi connectivity index (χ2n) is 26.0. The van der Waals surface area contributed by atoms with Gasteiger partial charge < -0.3 is 18.9 Å². The van der Waals surface area contributed by atoms with E-state index < -0.39 is 26.5 Å². The summed E-state index contributed by atoms with van der Waals surface area (Å²) in [5, 5.41) is 0. The molecule has 0 aromatic rings. The molecule has 0 aliphatic rings. The predicted octanol–water partition coefficient (Wildman–Crippen LogP) is 24.4. The fourth-order valence-corrected chi connectivity index (χ4v) is 11.2. The third-order valence-corrected chi connectivity index (χ3v) is 17.1. The van der Waals surface area contributed by atoms with E-state index in [0.717, 1.165) is 103 Å². The molecule has 0 saturated heterocycles. The van der Waals surface area contributed by atoms with E-state index in [1.807, 2.05) is 21.1 Å². The Bertz CT molecular complexity index is 1870. The maximum Gasteiger partial charge on any atom is 0.472 e. The van der Waals surface area contributed by atoms with Gasteiger partial charge in [-0.05, 0) is 83.5 Å². The Hall–Kier alpha value is -3.33. The third kappa shape index (κ3) is 73.6. The minimum absolute atomic E-state index is 0.0259. The van der Waals surface area contributed by atoms with Crippen molar-refractivity contribution in [1.82, 2.24) is 0 Å². The molecule has 0 spiro atoms. The molecule has 0 aromatic heterocycles. The van der Waals surface area contributed by atoms with Crippen molar-refractivity contribution in [2.45, 2.75) is 335 Å². The van der Waals surface area contributed by atoms with Gasteiger partial charge in [0.15, 0.2) is 6.10 Å². The van der Waals surface area contributed by atoms with E-state index in [0.29, 0.717) is 17.4 Å². The summed E-state index contributed by atoms with van der Waals surface area (Å²) in [6.45, 7) is 4.34. The molecule has 0 aliphatic carbocycles. The number of allylic oxidation sites excluding steroid dienone is 18. The lowest BCUT2D eigenvalue weighted by atomic mass is 10.0. The Kier molecular flexibility index (Phi) is 66.4. The molecule has 0 saturated carbocycles. The fraction of sp³-hybridized carbons (Fsp3) is 0.747. The Labute approximate surface area is 550 Å². The summed E-state index contributed by atoms with van der Waals surface area (Å²) in [4.78, 5) is 35.9. The van der Waals surface area contributed by atoms with Crippen molar-refractivity contribution in [2.24, 2.45) is 0 Å². The van der Waals surface area contributed by atoms with Crippen molar-refractivity contribution in [2.75, 3.05) is 47.5 Å². The average molecular weight is 1260 g/mol. The molecule has 0 rings (SSSR count). The van der Waals surface area contributed by atoms with E-state index in [4.69, 9.17) is 18.5 Å². The standard InChI is InChI=1S/C79H140NO8P/c1-6-8-10-12-14-16-18-20-22-24-26-28-30-32-34-36-38-39-40-41-42-44-46-48-50-52-54-56-58-60-62-64-66-68-70-72-79(82)88-77(76-87-89(83,84)86-74-73-80(3,4)5)75-85-78(81)71-69-67-65-63-61-59-57-55-53-51-49-47-45-43-37-35-33-31-29-27-25-23-21-19-17-15-13-11-9-7-2/h8,10,14,16,20,22,26,28,32,34,38-39,41-42,46,48,52,54,77H,6-7,9,11-13,15,17-19,21,23-25,27,29-31,33,35-37,40,43-45,47,49-51,53,55-76H2,1-5H3/p+1/b10-8-,16-14-,22-20-,28-26-,34-32-,39-38-,42-41-,48-46-,54-52-. The van der Waals surface area contributed by atoms with Gasteiger partial charge in [-0.2, -0.15) is 0 Å². The highest BCUT2D eigenvalue weighted by atomic mass is 31.2. The van der Waals surface area contributed by atoms with Crippen LogP contribution in [0.25, 0.3) is 0 Å². The van der Waals surface area contributed by atoms with Crippen LogP contribution in [0.4, 0.5) is 0 Å². The van der Waals surface area contributed by atoms with Crippen LogP contribution in [0.2, 0.25) is 0 Å². The third-order valence-electron chi connectivity index (χ3n) is 16.1. The Morgan fingerprint density at radius 3 is 0.955 bits per heavy atom. The Morgan fingerprint density at radius 2 is 0.640 bits per heavy atom. The average Bonchev–Trinajstić information content (AvgIpc) is 3.60. The lowest BCUT2D eigenvalue weighted by Gasteiger charge is -2.24. The van der Waals surface area contributed by atoms with Gasteiger partial charge in [-0.3, -0.25) is 18.6 Å². The molecule has 0 bridgehead atoms. The lowest BCUT2D eigenvalue weighted by molar-refractivity contribution is -0.870. The highest BCUT2D eigenvalue weighted by Gasteiger charge is 2.27. The first-order chi connectivity index (χ1) is 43.5. The molecule has 2 atom stereocenters. The summed E-state index contributed by atoms with van der Waals surface area (Å²) in [5.41, 5.74) is 0. The molecule has 514 valence electrons. The molecule has 0 aliphatic heterocycles. The molecule has 0 fully saturated rings. The van der Waals surface area contributed by atoms with Gasteiger partial charge in [0.25, 0.3) is 0 Å². The second-order valence-corrected chi connectivity index (χ2v) is 27.4. The number of rotatable bonds is 68. The molecule has 89 heavy (non-hydrogen) atoms. The zero-order chi connectivity index (χ0) is 64.8. The van der Waals surface area contributed by atoms with E-state index in [1.54, 1.807) is 0 Å². The number of ether oxygens (including phenoxy) is 2. The van der Waals surface area contributed by atoms with Gasteiger partial charge in [0.1, 0.15) is 19.8 Å². The number of unbranched alkanes of at least 4 members (excludes halogenated alkanes) is 36. The van der Waals surface area contributed by atoms with Gasteiger partial charge in [0, 0.05) is 12.8 Å². The molecular weight excluding hydrogens is 1120 g/mol. The lowest BCUT2D eigenvalue weighted by Crippen LogP contribution is -2.37.